The van der Waals surface area contributed by atoms with Crippen molar-refractivity contribution >= 4 is 15.6 Å². The molecule has 84 valence electrons. The second kappa shape index (κ2) is 6.17. The van der Waals surface area contributed by atoms with E-state index in [1.165, 1.54) is 6.92 Å². The first-order chi connectivity index (χ1) is 6.43. The molecule has 0 aromatic carbocycles. The van der Waals surface area contributed by atoms with Crippen LogP contribution in [0.15, 0.2) is 0 Å². The van der Waals surface area contributed by atoms with Crippen molar-refractivity contribution < 1.29 is 13.2 Å². The number of carbonyl (C=O) groups is 1. The van der Waals surface area contributed by atoms with Crippen LogP contribution < -0.4 is 0 Å². The third kappa shape index (κ3) is 5.37. The van der Waals surface area contributed by atoms with Crippen LogP contribution in [0.2, 0.25) is 0 Å². The summed E-state index contributed by atoms with van der Waals surface area (Å²) in [5.41, 5.74) is 0. The Kier molecular flexibility index (Phi) is 6.00. The molecule has 0 aliphatic carbocycles. The zero-order valence-electron chi connectivity index (χ0n) is 9.25. The molecule has 3 nitrogen and oxygen atoms in total. The first kappa shape index (κ1) is 13.6. The van der Waals surface area contributed by atoms with E-state index >= 15 is 0 Å². The molecular formula is C10H20O3S. The molecule has 1 atom stereocenters. The van der Waals surface area contributed by atoms with E-state index in [1.54, 1.807) is 0 Å². The predicted octanol–water partition coefficient (Wildman–Crippen LogP) is 1.82. The smallest absolute Gasteiger partial charge is 0.150 e. The summed E-state index contributed by atoms with van der Waals surface area (Å²) < 4.78 is 22.7. The normalized spacial score (nSPS) is 13.9. The van der Waals surface area contributed by atoms with Crippen LogP contribution in [0.1, 0.15) is 40.0 Å². The molecule has 0 bridgehead atoms. The monoisotopic (exact) mass is 220 g/mol. The lowest BCUT2D eigenvalue weighted by Gasteiger charge is -2.10. The number of carbonyl (C=O) groups excluding carboxylic acids is 1. The van der Waals surface area contributed by atoms with Crippen molar-refractivity contribution in [1.82, 2.24) is 0 Å². The van der Waals surface area contributed by atoms with Crippen molar-refractivity contribution in [3.63, 3.8) is 0 Å². The minimum atomic E-state index is -2.92. The van der Waals surface area contributed by atoms with Crippen LogP contribution in [0.4, 0.5) is 0 Å². The van der Waals surface area contributed by atoms with Crippen molar-refractivity contribution in [1.29, 1.82) is 0 Å². The Morgan fingerprint density at radius 1 is 1.21 bits per heavy atom. The third-order valence-electron chi connectivity index (χ3n) is 2.36. The molecule has 4 heteroatoms. The molecule has 0 N–H and O–H groups in total. The van der Waals surface area contributed by atoms with Gasteiger partial charge in [0.15, 0.2) is 0 Å². The Balaban J connectivity index is 4.09. The van der Waals surface area contributed by atoms with Gasteiger partial charge in [0.2, 0.25) is 0 Å². The fourth-order valence-corrected chi connectivity index (χ4v) is 2.90. The quantitative estimate of drug-likeness (QED) is 0.657. The maximum atomic E-state index is 11.4. The zero-order chi connectivity index (χ0) is 11.2. The first-order valence-corrected chi connectivity index (χ1v) is 6.96. The van der Waals surface area contributed by atoms with E-state index < -0.39 is 9.84 Å². The van der Waals surface area contributed by atoms with Crippen molar-refractivity contribution in [3.05, 3.63) is 0 Å². The summed E-state index contributed by atoms with van der Waals surface area (Å²) in [5.74, 6) is 0.404. The lowest BCUT2D eigenvalue weighted by molar-refractivity contribution is -0.120. The van der Waals surface area contributed by atoms with E-state index in [9.17, 15) is 13.2 Å². The molecule has 0 spiro atoms. The van der Waals surface area contributed by atoms with E-state index in [0.717, 1.165) is 6.42 Å². The summed E-state index contributed by atoms with van der Waals surface area (Å²) in [4.78, 5) is 11.1. The second-order valence-corrected chi connectivity index (χ2v) is 5.96. The molecule has 0 aliphatic heterocycles. The minimum absolute atomic E-state index is 0.0818. The summed E-state index contributed by atoms with van der Waals surface area (Å²) in [5, 5.41) is 0. The third-order valence-corrected chi connectivity index (χ3v) is 4.25. The van der Waals surface area contributed by atoms with Crippen molar-refractivity contribution in [2.24, 2.45) is 5.92 Å². The van der Waals surface area contributed by atoms with Gasteiger partial charge < -0.3 is 0 Å². The molecule has 0 radical (unpaired) electrons. The summed E-state index contributed by atoms with van der Waals surface area (Å²) in [6, 6.07) is 0. The van der Waals surface area contributed by atoms with Crippen LogP contribution in [0.3, 0.4) is 0 Å². The molecule has 0 aromatic heterocycles. The average Bonchev–Trinajstić information content (AvgIpc) is 2.04. The van der Waals surface area contributed by atoms with Crippen molar-refractivity contribution in [2.45, 2.75) is 40.0 Å². The van der Waals surface area contributed by atoms with E-state index in [0.29, 0.717) is 12.8 Å². The molecule has 0 saturated heterocycles. The summed E-state index contributed by atoms with van der Waals surface area (Å²) in [7, 11) is -2.92. The van der Waals surface area contributed by atoms with Gasteiger partial charge in [0.1, 0.15) is 15.6 Å². The predicted molar refractivity (Wildman–Crippen MR) is 58.0 cm³/mol. The van der Waals surface area contributed by atoms with Gasteiger partial charge in [0.25, 0.3) is 0 Å². The van der Waals surface area contributed by atoms with Gasteiger partial charge in [-0.25, -0.2) is 8.42 Å². The molecule has 0 amide bonds. The van der Waals surface area contributed by atoms with Crippen LogP contribution in [0, 0.1) is 5.92 Å². The second-order valence-electron chi connectivity index (χ2n) is 3.66. The van der Waals surface area contributed by atoms with Crippen LogP contribution in [0.25, 0.3) is 0 Å². The van der Waals surface area contributed by atoms with Gasteiger partial charge in [-0.15, -0.1) is 0 Å². The maximum Gasteiger partial charge on any atom is 0.150 e. The minimum Gasteiger partial charge on any atom is -0.300 e. The number of ketones is 1. The molecule has 0 aliphatic rings. The SMILES string of the molecule is CCCS(=O)(=O)CCC(CC)C(C)=O. The number of Topliss-reactive ketones (excluding diaryl/α,β-unsaturated/α-hetero) is 1. The van der Waals surface area contributed by atoms with E-state index in [1.807, 2.05) is 13.8 Å². The fourth-order valence-electron chi connectivity index (χ4n) is 1.43. The molecular weight excluding hydrogens is 200 g/mol. The Hall–Kier alpha value is -0.380. The summed E-state index contributed by atoms with van der Waals surface area (Å²) in [6.45, 7) is 5.29. The Bertz CT molecular complexity index is 267. The Labute approximate surface area is 86.8 Å². The number of hydrogen-bond acceptors (Lipinski definition) is 3. The van der Waals surface area contributed by atoms with E-state index in [4.69, 9.17) is 0 Å². The van der Waals surface area contributed by atoms with Gasteiger partial charge in [-0.2, -0.15) is 0 Å². The molecule has 14 heavy (non-hydrogen) atoms. The van der Waals surface area contributed by atoms with Gasteiger partial charge in [0, 0.05) is 11.7 Å². The lowest BCUT2D eigenvalue weighted by Crippen LogP contribution is -2.17. The van der Waals surface area contributed by atoms with Gasteiger partial charge in [-0.3, -0.25) is 4.79 Å². The molecule has 0 saturated carbocycles. The first-order valence-electron chi connectivity index (χ1n) is 5.13. The summed E-state index contributed by atoms with van der Waals surface area (Å²) >= 11 is 0. The maximum absolute atomic E-state index is 11.4. The Morgan fingerprint density at radius 3 is 2.14 bits per heavy atom. The van der Waals surface area contributed by atoms with Crippen LogP contribution >= 0.6 is 0 Å². The highest BCUT2D eigenvalue weighted by Gasteiger charge is 2.16. The Morgan fingerprint density at radius 2 is 1.79 bits per heavy atom. The standard InChI is InChI=1S/C10H20O3S/c1-4-7-14(12,13)8-6-10(5-2)9(3)11/h10H,4-8H2,1-3H3. The van der Waals surface area contributed by atoms with Gasteiger partial charge in [-0.1, -0.05) is 13.8 Å². The van der Waals surface area contributed by atoms with E-state index in [-0.39, 0.29) is 23.2 Å². The zero-order valence-corrected chi connectivity index (χ0v) is 10.1. The molecule has 0 rings (SSSR count). The highest BCUT2D eigenvalue weighted by atomic mass is 32.2. The van der Waals surface area contributed by atoms with Gasteiger partial charge >= 0.3 is 0 Å². The largest absolute Gasteiger partial charge is 0.300 e. The molecule has 0 heterocycles. The molecule has 1 unspecified atom stereocenters. The van der Waals surface area contributed by atoms with Crippen LogP contribution in [-0.4, -0.2) is 25.7 Å². The van der Waals surface area contributed by atoms with Gasteiger partial charge in [0.05, 0.1) is 5.75 Å². The average molecular weight is 220 g/mol. The van der Waals surface area contributed by atoms with Crippen LogP contribution in [-0.2, 0) is 14.6 Å². The molecule has 0 fully saturated rings. The highest BCUT2D eigenvalue weighted by molar-refractivity contribution is 7.91. The fraction of sp³-hybridized carbons (Fsp3) is 0.900. The number of rotatable bonds is 7. The van der Waals surface area contributed by atoms with Gasteiger partial charge in [-0.05, 0) is 26.2 Å². The van der Waals surface area contributed by atoms with Crippen molar-refractivity contribution in [2.75, 3.05) is 11.5 Å². The van der Waals surface area contributed by atoms with E-state index in [2.05, 4.69) is 0 Å². The van der Waals surface area contributed by atoms with Crippen molar-refractivity contribution in [3.8, 4) is 0 Å². The van der Waals surface area contributed by atoms with Crippen LogP contribution in [0.5, 0.6) is 0 Å². The number of hydrogen-bond donors (Lipinski definition) is 0. The molecule has 0 aromatic rings. The lowest BCUT2D eigenvalue weighted by atomic mass is 10.00. The number of sulfone groups is 1. The highest BCUT2D eigenvalue weighted by Crippen LogP contribution is 2.11. The summed E-state index contributed by atoms with van der Waals surface area (Å²) in [6.07, 6.45) is 1.87. The topological polar surface area (TPSA) is 51.2 Å².